The van der Waals surface area contributed by atoms with Gasteiger partial charge in [-0.3, -0.25) is 0 Å². The highest BCUT2D eigenvalue weighted by Gasteiger charge is 2.13. The molecule has 0 atom stereocenters. The molecule has 0 aliphatic heterocycles. The van der Waals surface area contributed by atoms with Gasteiger partial charge in [0.1, 0.15) is 11.6 Å². The molecule has 0 aliphatic carbocycles. The molecule has 0 bridgehead atoms. The highest BCUT2D eigenvalue weighted by molar-refractivity contribution is 5.47. The van der Waals surface area contributed by atoms with Crippen molar-refractivity contribution >= 4 is 5.82 Å². The zero-order chi connectivity index (χ0) is 15.7. The minimum atomic E-state index is 0.245. The van der Waals surface area contributed by atoms with Gasteiger partial charge in [0.2, 0.25) is 5.88 Å². The van der Waals surface area contributed by atoms with Gasteiger partial charge in [-0.25, -0.2) is 10.8 Å². The maximum atomic E-state index is 5.83. The van der Waals surface area contributed by atoms with Gasteiger partial charge in [-0.15, -0.1) is 0 Å². The van der Waals surface area contributed by atoms with Crippen LogP contribution in [0.1, 0.15) is 76.6 Å². The Morgan fingerprint density at radius 2 is 1.76 bits per heavy atom. The molecule has 0 unspecified atom stereocenters. The summed E-state index contributed by atoms with van der Waals surface area (Å²) in [5.41, 5.74) is 3.49. The van der Waals surface area contributed by atoms with Gasteiger partial charge < -0.3 is 10.2 Å². The van der Waals surface area contributed by atoms with E-state index in [9.17, 15) is 0 Å². The molecule has 1 rings (SSSR count). The first kappa shape index (κ1) is 17.7. The Bertz CT molecular complexity index is 421. The number of nitrogens with two attached hydrogens (primary N) is 1. The lowest BCUT2D eigenvalue weighted by Gasteiger charge is -2.14. The van der Waals surface area contributed by atoms with Crippen LogP contribution < -0.4 is 16.0 Å². The third kappa shape index (κ3) is 5.87. The average molecular weight is 294 g/mol. The van der Waals surface area contributed by atoms with E-state index in [2.05, 4.69) is 36.2 Å². The van der Waals surface area contributed by atoms with Crippen molar-refractivity contribution in [2.75, 3.05) is 12.0 Å². The van der Waals surface area contributed by atoms with Crippen molar-refractivity contribution in [3.05, 3.63) is 11.4 Å². The number of hydrogen-bond acceptors (Lipinski definition) is 5. The van der Waals surface area contributed by atoms with Crippen LogP contribution >= 0.6 is 0 Å². The molecule has 1 aromatic heterocycles. The molecule has 0 saturated carbocycles. The van der Waals surface area contributed by atoms with Crippen molar-refractivity contribution in [1.29, 1.82) is 0 Å². The van der Waals surface area contributed by atoms with Crippen molar-refractivity contribution in [1.82, 2.24) is 9.97 Å². The summed E-state index contributed by atoms with van der Waals surface area (Å²) in [5, 5.41) is 0. The lowest BCUT2D eigenvalue weighted by atomic mass is 10.1. The predicted octanol–water partition coefficient (Wildman–Crippen LogP) is 3.93. The van der Waals surface area contributed by atoms with Gasteiger partial charge in [0.05, 0.1) is 12.2 Å². The highest BCUT2D eigenvalue weighted by Crippen LogP contribution is 2.24. The number of anilines is 1. The van der Waals surface area contributed by atoms with Gasteiger partial charge in [-0.2, -0.15) is 4.98 Å². The Balaban J connectivity index is 2.52. The molecule has 120 valence electrons. The van der Waals surface area contributed by atoms with E-state index < -0.39 is 0 Å². The lowest BCUT2D eigenvalue weighted by molar-refractivity contribution is 0.289. The van der Waals surface area contributed by atoms with Crippen molar-refractivity contribution in [3.8, 4) is 5.88 Å². The van der Waals surface area contributed by atoms with E-state index >= 15 is 0 Å². The van der Waals surface area contributed by atoms with Crippen molar-refractivity contribution in [3.63, 3.8) is 0 Å². The van der Waals surface area contributed by atoms with Crippen LogP contribution in [0.4, 0.5) is 5.82 Å². The van der Waals surface area contributed by atoms with Crippen LogP contribution in [0.5, 0.6) is 5.88 Å². The summed E-state index contributed by atoms with van der Waals surface area (Å²) in [5.74, 6) is 7.81. The van der Waals surface area contributed by atoms with Gasteiger partial charge in [0.15, 0.2) is 0 Å². The van der Waals surface area contributed by atoms with E-state index in [0.717, 1.165) is 17.8 Å². The van der Waals surface area contributed by atoms with Crippen LogP contribution in [-0.4, -0.2) is 16.6 Å². The number of ether oxygens (including phenoxy) is 1. The number of rotatable bonds is 10. The molecule has 3 N–H and O–H groups in total. The molecule has 1 heterocycles. The molecule has 0 radical (unpaired) electrons. The van der Waals surface area contributed by atoms with Gasteiger partial charge in [0, 0.05) is 5.92 Å². The Kier molecular flexibility index (Phi) is 8.05. The summed E-state index contributed by atoms with van der Waals surface area (Å²) in [7, 11) is 0. The molecule has 0 aromatic carbocycles. The fourth-order valence-electron chi connectivity index (χ4n) is 2.10. The molecule has 0 saturated heterocycles. The first-order valence-electron chi connectivity index (χ1n) is 8.08. The monoisotopic (exact) mass is 294 g/mol. The molecule has 1 aromatic rings. The van der Waals surface area contributed by atoms with E-state index in [1.807, 2.05) is 6.92 Å². The number of nitrogens with zero attached hydrogens (tertiary/aromatic N) is 2. The first-order chi connectivity index (χ1) is 10.1. The summed E-state index contributed by atoms with van der Waals surface area (Å²) in [6.45, 7) is 8.97. The van der Waals surface area contributed by atoms with Crippen LogP contribution in [0, 0.1) is 6.92 Å². The van der Waals surface area contributed by atoms with Crippen molar-refractivity contribution in [2.45, 2.75) is 72.1 Å². The molecule has 0 spiro atoms. The SMILES string of the molecule is CCCCCCCCOc1nc(C(C)C)nc(NN)c1C. The van der Waals surface area contributed by atoms with Crippen LogP contribution in [0.15, 0.2) is 0 Å². The third-order valence-corrected chi connectivity index (χ3v) is 3.51. The van der Waals surface area contributed by atoms with Crippen LogP contribution in [0.25, 0.3) is 0 Å². The second-order valence-corrected chi connectivity index (χ2v) is 5.78. The zero-order valence-electron chi connectivity index (χ0n) is 13.9. The Labute approximate surface area is 128 Å². The number of hydrazine groups is 1. The summed E-state index contributed by atoms with van der Waals surface area (Å²) in [4.78, 5) is 8.90. The number of nitrogens with one attached hydrogen (secondary N) is 1. The first-order valence-corrected chi connectivity index (χ1v) is 8.08. The smallest absolute Gasteiger partial charge is 0.221 e. The van der Waals surface area contributed by atoms with Crippen molar-refractivity contribution in [2.24, 2.45) is 5.84 Å². The largest absolute Gasteiger partial charge is 0.477 e. The van der Waals surface area contributed by atoms with E-state index in [1.165, 1.54) is 32.1 Å². The molecule has 0 fully saturated rings. The maximum Gasteiger partial charge on any atom is 0.221 e. The molecule has 5 heteroatoms. The number of nitrogen functional groups attached to an aromatic ring is 1. The Hall–Kier alpha value is -1.36. The van der Waals surface area contributed by atoms with E-state index in [1.54, 1.807) is 0 Å². The fraction of sp³-hybridized carbons (Fsp3) is 0.750. The molecule has 0 aliphatic rings. The fourth-order valence-corrected chi connectivity index (χ4v) is 2.10. The number of hydrogen-bond donors (Lipinski definition) is 2. The van der Waals surface area contributed by atoms with Crippen LogP contribution in [-0.2, 0) is 0 Å². The van der Waals surface area contributed by atoms with Gasteiger partial charge >= 0.3 is 0 Å². The van der Waals surface area contributed by atoms with Crippen molar-refractivity contribution < 1.29 is 4.74 Å². The molecule has 21 heavy (non-hydrogen) atoms. The van der Waals surface area contributed by atoms with Crippen LogP contribution in [0.2, 0.25) is 0 Å². The highest BCUT2D eigenvalue weighted by atomic mass is 16.5. The summed E-state index contributed by atoms with van der Waals surface area (Å²) in [6.07, 6.45) is 7.49. The average Bonchev–Trinajstić information content (AvgIpc) is 2.47. The Morgan fingerprint density at radius 3 is 2.38 bits per heavy atom. The van der Waals surface area contributed by atoms with Gasteiger partial charge in [0.25, 0.3) is 0 Å². The third-order valence-electron chi connectivity index (χ3n) is 3.51. The number of aromatic nitrogens is 2. The van der Waals surface area contributed by atoms with E-state index in [0.29, 0.717) is 18.3 Å². The van der Waals surface area contributed by atoms with Crippen LogP contribution in [0.3, 0.4) is 0 Å². The van der Waals surface area contributed by atoms with Gasteiger partial charge in [-0.1, -0.05) is 52.9 Å². The standard InChI is InChI=1S/C16H30N4O/c1-5-6-7-8-9-10-11-21-16-13(4)15(20-17)18-14(19-16)12(2)3/h12H,5-11,17H2,1-4H3,(H,18,19,20). The molecular weight excluding hydrogens is 264 g/mol. The number of unbranched alkanes of at least 4 members (excludes halogenated alkanes) is 5. The predicted molar refractivity (Wildman–Crippen MR) is 87.5 cm³/mol. The summed E-state index contributed by atoms with van der Waals surface area (Å²) in [6, 6.07) is 0. The topological polar surface area (TPSA) is 73.1 Å². The minimum Gasteiger partial charge on any atom is -0.477 e. The maximum absolute atomic E-state index is 5.83. The lowest BCUT2D eigenvalue weighted by Crippen LogP contribution is -2.14. The quantitative estimate of drug-likeness (QED) is 0.388. The Morgan fingerprint density at radius 1 is 1.10 bits per heavy atom. The normalized spacial score (nSPS) is 11.0. The zero-order valence-corrected chi connectivity index (χ0v) is 13.9. The van der Waals surface area contributed by atoms with E-state index in [4.69, 9.17) is 10.6 Å². The molecular formula is C16H30N4O. The summed E-state index contributed by atoms with van der Waals surface area (Å²) >= 11 is 0. The second kappa shape index (κ2) is 9.55. The second-order valence-electron chi connectivity index (χ2n) is 5.78. The minimum absolute atomic E-state index is 0.245. The molecule has 5 nitrogen and oxygen atoms in total. The van der Waals surface area contributed by atoms with Gasteiger partial charge in [-0.05, 0) is 13.3 Å². The summed E-state index contributed by atoms with van der Waals surface area (Å²) < 4.78 is 5.83. The molecule has 0 amide bonds. The van der Waals surface area contributed by atoms with E-state index in [-0.39, 0.29) is 5.92 Å².